The average molecular weight is 619 g/mol. The van der Waals surface area contributed by atoms with Crippen LogP contribution in [0.3, 0.4) is 0 Å². The van der Waals surface area contributed by atoms with E-state index in [0.29, 0.717) is 23.0 Å². The van der Waals surface area contributed by atoms with E-state index in [4.69, 9.17) is 23.7 Å². The zero-order valence-electron chi connectivity index (χ0n) is 26.1. The normalized spacial score (nSPS) is 11.2. The third kappa shape index (κ3) is 7.27. The van der Waals surface area contributed by atoms with Crippen LogP contribution in [0.2, 0.25) is 0 Å². The molecule has 234 valence electrons. The Hall–Kier alpha value is -5.83. The minimum atomic E-state index is -0.550. The molecule has 0 N–H and O–H groups in total. The maximum atomic E-state index is 13.3. The monoisotopic (exact) mass is 618 g/mol. The Morgan fingerprint density at radius 1 is 0.696 bits per heavy atom. The fourth-order valence-electron chi connectivity index (χ4n) is 4.98. The minimum Gasteiger partial charge on any atom is -0.493 e. The molecule has 0 unspecified atom stereocenters. The van der Waals surface area contributed by atoms with Gasteiger partial charge >= 0.3 is 5.97 Å². The van der Waals surface area contributed by atoms with Crippen molar-refractivity contribution < 1.29 is 33.3 Å². The summed E-state index contributed by atoms with van der Waals surface area (Å²) in [5.74, 6) is 1.44. The van der Waals surface area contributed by atoms with Crippen molar-refractivity contribution in [3.63, 3.8) is 0 Å². The van der Waals surface area contributed by atoms with Crippen molar-refractivity contribution in [3.05, 3.63) is 108 Å². The second-order valence-corrected chi connectivity index (χ2v) is 10.2. The number of benzene rings is 3. The van der Waals surface area contributed by atoms with Crippen molar-refractivity contribution in [2.24, 2.45) is 0 Å². The summed E-state index contributed by atoms with van der Waals surface area (Å²) in [5, 5.41) is 0.930. The van der Waals surface area contributed by atoms with Gasteiger partial charge in [0.2, 0.25) is 11.7 Å². The van der Waals surface area contributed by atoms with Gasteiger partial charge in [-0.05, 0) is 53.1 Å². The molecule has 9 heteroatoms. The van der Waals surface area contributed by atoms with Crippen LogP contribution in [-0.2, 0) is 4.79 Å². The number of esters is 1. The van der Waals surface area contributed by atoms with Crippen LogP contribution < -0.4 is 23.7 Å². The van der Waals surface area contributed by atoms with Crippen molar-refractivity contribution in [1.82, 2.24) is 9.55 Å². The largest absolute Gasteiger partial charge is 0.493 e. The molecule has 46 heavy (non-hydrogen) atoms. The molecule has 0 atom stereocenters. The number of carbonyl (C=O) groups is 2. The van der Waals surface area contributed by atoms with Crippen molar-refractivity contribution in [2.45, 2.75) is 12.8 Å². The van der Waals surface area contributed by atoms with Crippen LogP contribution in [0.25, 0.3) is 35.2 Å². The van der Waals surface area contributed by atoms with E-state index in [1.165, 1.54) is 7.11 Å². The quantitative estimate of drug-likeness (QED) is 0.0809. The molecule has 0 fully saturated rings. The number of nitrogens with zero attached hydrogens (tertiary/aromatic N) is 2. The summed E-state index contributed by atoms with van der Waals surface area (Å²) in [6.07, 6.45) is 12.8. The van der Waals surface area contributed by atoms with Gasteiger partial charge in [-0.3, -0.25) is 19.1 Å². The topological polar surface area (TPSA) is 98.1 Å². The Bertz CT molecular complexity index is 1880. The fourth-order valence-corrected chi connectivity index (χ4v) is 4.98. The number of carbonyl (C=O) groups excluding carboxylic acids is 2. The lowest BCUT2D eigenvalue weighted by Crippen LogP contribution is -2.15. The molecule has 0 aliphatic rings. The third-order valence-electron chi connectivity index (χ3n) is 7.26. The number of rotatable bonds is 12. The number of pyridine rings is 1. The van der Waals surface area contributed by atoms with Gasteiger partial charge in [0, 0.05) is 36.0 Å². The second kappa shape index (κ2) is 14.8. The van der Waals surface area contributed by atoms with Crippen LogP contribution in [0.1, 0.15) is 39.9 Å². The molecule has 0 saturated heterocycles. The molecule has 3 aromatic carbocycles. The molecule has 0 amide bonds. The van der Waals surface area contributed by atoms with Crippen LogP contribution in [0.5, 0.6) is 28.7 Å². The molecule has 5 aromatic rings. The van der Waals surface area contributed by atoms with Gasteiger partial charge in [-0.2, -0.15) is 0 Å². The highest BCUT2D eigenvalue weighted by Gasteiger charge is 2.17. The number of methoxy groups -OCH3 is 4. The van der Waals surface area contributed by atoms with E-state index >= 15 is 0 Å². The molecule has 0 aliphatic carbocycles. The number of hydrogen-bond acceptors (Lipinski definition) is 8. The lowest BCUT2D eigenvalue weighted by Gasteiger charge is -2.13. The summed E-state index contributed by atoms with van der Waals surface area (Å²) in [5.41, 5.74) is 4.18. The number of hydrogen-bond donors (Lipinski definition) is 0. The first-order valence-corrected chi connectivity index (χ1v) is 14.5. The van der Waals surface area contributed by atoms with Gasteiger partial charge < -0.3 is 23.7 Å². The maximum Gasteiger partial charge on any atom is 0.311 e. The first-order chi connectivity index (χ1) is 22.4. The van der Waals surface area contributed by atoms with Crippen molar-refractivity contribution in [1.29, 1.82) is 0 Å². The summed E-state index contributed by atoms with van der Waals surface area (Å²) in [7, 11) is 6.17. The Labute approximate surface area is 267 Å². The van der Waals surface area contributed by atoms with Gasteiger partial charge in [-0.1, -0.05) is 54.6 Å². The van der Waals surface area contributed by atoms with Gasteiger partial charge in [-0.15, -0.1) is 0 Å². The Morgan fingerprint density at radius 2 is 1.39 bits per heavy atom. The van der Waals surface area contributed by atoms with E-state index in [-0.39, 0.29) is 24.5 Å². The van der Waals surface area contributed by atoms with Crippen LogP contribution in [-0.4, -0.2) is 49.9 Å². The SMILES string of the molecule is COc1ccc(/C=C\c2cc(OC)c(OC)c(OC)c2)cc1OC(=O)CCC(=O)n1cc(/C=C/c2cccnc2)c2ccccc21. The van der Waals surface area contributed by atoms with Crippen molar-refractivity contribution in [2.75, 3.05) is 28.4 Å². The predicted octanol–water partition coefficient (Wildman–Crippen LogP) is 7.44. The number of fused-ring (bicyclic) bond motifs is 1. The maximum absolute atomic E-state index is 13.3. The van der Waals surface area contributed by atoms with Gasteiger partial charge in [0.25, 0.3) is 0 Å². The lowest BCUT2D eigenvalue weighted by molar-refractivity contribution is -0.134. The van der Waals surface area contributed by atoms with Crippen LogP contribution in [0, 0.1) is 0 Å². The summed E-state index contributed by atoms with van der Waals surface area (Å²) < 4.78 is 28.9. The first-order valence-electron chi connectivity index (χ1n) is 14.5. The summed E-state index contributed by atoms with van der Waals surface area (Å²) in [4.78, 5) is 30.4. The van der Waals surface area contributed by atoms with Crippen LogP contribution >= 0.6 is 0 Å². The molecule has 0 aliphatic heterocycles. The van der Waals surface area contributed by atoms with Gasteiger partial charge in [0.15, 0.2) is 23.0 Å². The Morgan fingerprint density at radius 3 is 2.09 bits per heavy atom. The molecule has 0 saturated carbocycles. The molecule has 0 radical (unpaired) electrons. The zero-order valence-corrected chi connectivity index (χ0v) is 26.1. The van der Waals surface area contributed by atoms with E-state index in [1.54, 1.807) is 56.6 Å². The standard InChI is InChI=1S/C37H34N2O7/c1-42-31-16-14-25(11-12-27-21-33(43-2)37(45-4)34(22-27)44-3)20-32(31)46-36(41)18-17-35(40)39-24-28(29-9-5-6-10-30(29)39)15-13-26-8-7-19-38-23-26/h5-16,19-24H,17-18H2,1-4H3/b12-11-,15-13+. The number of para-hydroxylation sites is 1. The average Bonchev–Trinajstić information content (AvgIpc) is 3.47. The first kappa shape index (κ1) is 31.6. The minimum absolute atomic E-state index is 0.0354. The van der Waals surface area contributed by atoms with E-state index < -0.39 is 5.97 Å². The zero-order chi connectivity index (χ0) is 32.5. The van der Waals surface area contributed by atoms with E-state index in [0.717, 1.165) is 33.2 Å². The molecular weight excluding hydrogens is 584 g/mol. The number of ether oxygens (including phenoxy) is 5. The molecule has 5 rings (SSSR count). The third-order valence-corrected chi connectivity index (χ3v) is 7.26. The lowest BCUT2D eigenvalue weighted by atomic mass is 10.1. The van der Waals surface area contributed by atoms with E-state index in [9.17, 15) is 9.59 Å². The van der Waals surface area contributed by atoms with Gasteiger partial charge in [0.1, 0.15) is 0 Å². The Balaban J connectivity index is 1.28. The van der Waals surface area contributed by atoms with Crippen LogP contribution in [0.15, 0.2) is 85.3 Å². The van der Waals surface area contributed by atoms with Gasteiger partial charge in [0.05, 0.1) is 40.4 Å². The summed E-state index contributed by atoms with van der Waals surface area (Å²) >= 11 is 0. The highest BCUT2D eigenvalue weighted by atomic mass is 16.6. The summed E-state index contributed by atoms with van der Waals surface area (Å²) in [6, 6.07) is 20.4. The second-order valence-electron chi connectivity index (χ2n) is 10.2. The van der Waals surface area contributed by atoms with E-state index in [2.05, 4.69) is 4.98 Å². The molecule has 9 nitrogen and oxygen atoms in total. The fraction of sp³-hybridized carbons (Fsp3) is 0.162. The highest BCUT2D eigenvalue weighted by Crippen LogP contribution is 2.39. The Kier molecular flexibility index (Phi) is 10.1. The van der Waals surface area contributed by atoms with Crippen molar-refractivity contribution >= 4 is 47.1 Å². The van der Waals surface area contributed by atoms with Gasteiger partial charge in [-0.25, -0.2) is 0 Å². The van der Waals surface area contributed by atoms with Crippen molar-refractivity contribution in [3.8, 4) is 28.7 Å². The van der Waals surface area contributed by atoms with Crippen LogP contribution in [0.4, 0.5) is 0 Å². The molecule has 0 spiro atoms. The molecular formula is C37H34N2O7. The van der Waals surface area contributed by atoms with E-state index in [1.807, 2.05) is 78.9 Å². The molecule has 2 heterocycles. The highest BCUT2D eigenvalue weighted by molar-refractivity contribution is 5.99. The molecule has 0 bridgehead atoms. The molecule has 2 aromatic heterocycles. The number of aromatic nitrogens is 2. The summed E-state index contributed by atoms with van der Waals surface area (Å²) in [6.45, 7) is 0. The smallest absolute Gasteiger partial charge is 0.311 e. The predicted molar refractivity (Wildman–Crippen MR) is 179 cm³/mol.